The third-order valence-electron chi connectivity index (χ3n) is 4.57. The van der Waals surface area contributed by atoms with Crippen LogP contribution in [0.15, 0.2) is 42.5 Å². The Labute approximate surface area is 126 Å². The van der Waals surface area contributed by atoms with Crippen LogP contribution in [0.2, 0.25) is 0 Å². The standard InChI is InChI=1S/C18H21N3/c1-13-2-4-14(5-3-13)15-6-7-17-18(10-15)21-9-8-19-11-16(21)12-20-17/h2-7,10,16,19-20H,8-9,11-12H2,1H3. The highest BCUT2D eigenvalue weighted by Gasteiger charge is 2.28. The van der Waals surface area contributed by atoms with Gasteiger partial charge in [-0.1, -0.05) is 35.9 Å². The van der Waals surface area contributed by atoms with E-state index in [1.54, 1.807) is 0 Å². The van der Waals surface area contributed by atoms with Gasteiger partial charge in [0.2, 0.25) is 0 Å². The summed E-state index contributed by atoms with van der Waals surface area (Å²) >= 11 is 0. The van der Waals surface area contributed by atoms with Crippen LogP contribution in [0.5, 0.6) is 0 Å². The Morgan fingerprint density at radius 2 is 1.81 bits per heavy atom. The predicted octanol–water partition coefficient (Wildman–Crippen LogP) is 2.87. The van der Waals surface area contributed by atoms with Gasteiger partial charge in [0.25, 0.3) is 0 Å². The van der Waals surface area contributed by atoms with E-state index in [2.05, 4.69) is 64.9 Å². The van der Waals surface area contributed by atoms with Crippen molar-refractivity contribution in [2.45, 2.75) is 13.0 Å². The second kappa shape index (κ2) is 5.08. The van der Waals surface area contributed by atoms with Crippen molar-refractivity contribution in [1.82, 2.24) is 5.32 Å². The molecule has 1 fully saturated rings. The van der Waals surface area contributed by atoms with E-state index in [1.807, 2.05) is 0 Å². The van der Waals surface area contributed by atoms with Crippen LogP contribution in [0.1, 0.15) is 5.56 Å². The van der Waals surface area contributed by atoms with Crippen molar-refractivity contribution in [3.8, 4) is 11.1 Å². The van der Waals surface area contributed by atoms with Crippen LogP contribution in [0.25, 0.3) is 11.1 Å². The van der Waals surface area contributed by atoms with Crippen molar-refractivity contribution in [3.63, 3.8) is 0 Å². The summed E-state index contributed by atoms with van der Waals surface area (Å²) in [7, 11) is 0. The van der Waals surface area contributed by atoms with E-state index in [0.717, 1.165) is 26.2 Å². The zero-order valence-corrected chi connectivity index (χ0v) is 12.4. The van der Waals surface area contributed by atoms with E-state index in [1.165, 1.54) is 28.1 Å². The molecule has 2 aromatic rings. The molecule has 2 heterocycles. The molecule has 1 atom stereocenters. The maximum Gasteiger partial charge on any atom is 0.0612 e. The molecule has 0 spiro atoms. The number of piperazine rings is 1. The lowest BCUT2D eigenvalue weighted by Gasteiger charge is -2.43. The largest absolute Gasteiger partial charge is 0.381 e. The molecule has 0 amide bonds. The average Bonchev–Trinajstić information content (AvgIpc) is 2.55. The molecule has 2 aliphatic heterocycles. The second-order valence-corrected chi connectivity index (χ2v) is 6.03. The minimum Gasteiger partial charge on any atom is -0.381 e. The number of nitrogens with zero attached hydrogens (tertiary/aromatic N) is 1. The van der Waals surface area contributed by atoms with Gasteiger partial charge >= 0.3 is 0 Å². The van der Waals surface area contributed by atoms with Gasteiger partial charge in [0, 0.05) is 26.2 Å². The van der Waals surface area contributed by atoms with E-state index in [4.69, 9.17) is 0 Å². The quantitative estimate of drug-likeness (QED) is 0.840. The van der Waals surface area contributed by atoms with Crippen molar-refractivity contribution >= 4 is 11.4 Å². The van der Waals surface area contributed by atoms with Gasteiger partial charge in [0.05, 0.1) is 17.4 Å². The summed E-state index contributed by atoms with van der Waals surface area (Å²) in [6, 6.07) is 16.1. The fourth-order valence-corrected chi connectivity index (χ4v) is 3.33. The third kappa shape index (κ3) is 2.28. The fourth-order valence-electron chi connectivity index (χ4n) is 3.33. The Kier molecular flexibility index (Phi) is 3.08. The Hall–Kier alpha value is -2.00. The molecule has 108 valence electrons. The number of hydrogen-bond acceptors (Lipinski definition) is 3. The number of benzene rings is 2. The fraction of sp³-hybridized carbons (Fsp3) is 0.333. The average molecular weight is 279 g/mol. The van der Waals surface area contributed by atoms with Crippen molar-refractivity contribution in [1.29, 1.82) is 0 Å². The van der Waals surface area contributed by atoms with Crippen LogP contribution in [0.3, 0.4) is 0 Å². The van der Waals surface area contributed by atoms with Crippen molar-refractivity contribution in [2.24, 2.45) is 0 Å². The van der Waals surface area contributed by atoms with Gasteiger partial charge in [-0.05, 0) is 30.2 Å². The third-order valence-corrected chi connectivity index (χ3v) is 4.57. The highest BCUT2D eigenvalue weighted by molar-refractivity contribution is 5.80. The Balaban J connectivity index is 1.74. The number of aryl methyl sites for hydroxylation is 1. The SMILES string of the molecule is Cc1ccc(-c2ccc3c(c2)N2CCNCC2CN3)cc1. The van der Waals surface area contributed by atoms with E-state index < -0.39 is 0 Å². The van der Waals surface area contributed by atoms with E-state index in [0.29, 0.717) is 6.04 Å². The summed E-state index contributed by atoms with van der Waals surface area (Å²) in [6.07, 6.45) is 0. The highest BCUT2D eigenvalue weighted by atomic mass is 15.3. The zero-order valence-electron chi connectivity index (χ0n) is 12.4. The lowest BCUT2D eigenvalue weighted by molar-refractivity contribution is 0.482. The summed E-state index contributed by atoms with van der Waals surface area (Å²) in [6.45, 7) is 6.40. The van der Waals surface area contributed by atoms with Crippen LogP contribution < -0.4 is 15.5 Å². The lowest BCUT2D eigenvalue weighted by atomic mass is 10.00. The summed E-state index contributed by atoms with van der Waals surface area (Å²) in [5.41, 5.74) is 6.52. The van der Waals surface area contributed by atoms with Gasteiger partial charge in [0.1, 0.15) is 0 Å². The first-order valence-electron chi connectivity index (χ1n) is 7.73. The smallest absolute Gasteiger partial charge is 0.0612 e. The van der Waals surface area contributed by atoms with Crippen molar-refractivity contribution < 1.29 is 0 Å². The molecule has 2 aromatic carbocycles. The molecule has 0 aromatic heterocycles. The van der Waals surface area contributed by atoms with Crippen LogP contribution in [0.4, 0.5) is 11.4 Å². The lowest BCUT2D eigenvalue weighted by Crippen LogP contribution is -2.56. The number of hydrogen-bond donors (Lipinski definition) is 2. The summed E-state index contributed by atoms with van der Waals surface area (Å²) in [5, 5.41) is 7.05. The summed E-state index contributed by atoms with van der Waals surface area (Å²) < 4.78 is 0. The maximum absolute atomic E-state index is 3.57. The normalized spacial score (nSPS) is 20.4. The topological polar surface area (TPSA) is 27.3 Å². The molecule has 1 saturated heterocycles. The van der Waals surface area contributed by atoms with Crippen LogP contribution in [-0.4, -0.2) is 32.2 Å². The van der Waals surface area contributed by atoms with Gasteiger partial charge < -0.3 is 15.5 Å². The minimum absolute atomic E-state index is 0.569. The number of nitrogens with one attached hydrogen (secondary N) is 2. The molecule has 3 heteroatoms. The van der Waals surface area contributed by atoms with Gasteiger partial charge in [-0.15, -0.1) is 0 Å². The molecule has 0 saturated carbocycles. The molecule has 1 unspecified atom stereocenters. The van der Waals surface area contributed by atoms with Crippen molar-refractivity contribution in [2.75, 3.05) is 36.4 Å². The van der Waals surface area contributed by atoms with Crippen molar-refractivity contribution in [3.05, 3.63) is 48.0 Å². The Morgan fingerprint density at radius 3 is 2.67 bits per heavy atom. The monoisotopic (exact) mass is 279 g/mol. The molecule has 0 radical (unpaired) electrons. The van der Waals surface area contributed by atoms with Crippen LogP contribution in [0, 0.1) is 6.92 Å². The molecule has 0 bridgehead atoms. The molecule has 2 aliphatic rings. The Bertz CT molecular complexity index is 648. The summed E-state index contributed by atoms with van der Waals surface area (Å²) in [4.78, 5) is 2.56. The molecule has 4 rings (SSSR count). The molecule has 0 aliphatic carbocycles. The van der Waals surface area contributed by atoms with E-state index >= 15 is 0 Å². The first kappa shape index (κ1) is 12.7. The number of rotatable bonds is 1. The maximum atomic E-state index is 3.57. The molecular formula is C18H21N3. The number of anilines is 2. The van der Waals surface area contributed by atoms with Gasteiger partial charge in [-0.2, -0.15) is 0 Å². The van der Waals surface area contributed by atoms with Crippen LogP contribution in [-0.2, 0) is 0 Å². The minimum atomic E-state index is 0.569. The molecule has 21 heavy (non-hydrogen) atoms. The molecule has 2 N–H and O–H groups in total. The summed E-state index contributed by atoms with van der Waals surface area (Å²) in [5.74, 6) is 0. The van der Waals surface area contributed by atoms with E-state index in [-0.39, 0.29) is 0 Å². The van der Waals surface area contributed by atoms with E-state index in [9.17, 15) is 0 Å². The predicted molar refractivity (Wildman–Crippen MR) is 89.1 cm³/mol. The molecule has 3 nitrogen and oxygen atoms in total. The van der Waals surface area contributed by atoms with Gasteiger partial charge in [0.15, 0.2) is 0 Å². The zero-order chi connectivity index (χ0) is 14.2. The first-order chi connectivity index (χ1) is 10.3. The number of fused-ring (bicyclic) bond motifs is 3. The Morgan fingerprint density at radius 1 is 1.00 bits per heavy atom. The highest BCUT2D eigenvalue weighted by Crippen LogP contribution is 2.35. The molecular weight excluding hydrogens is 258 g/mol. The van der Waals surface area contributed by atoms with Crippen LogP contribution >= 0.6 is 0 Å². The van der Waals surface area contributed by atoms with Gasteiger partial charge in [-0.25, -0.2) is 0 Å². The second-order valence-electron chi connectivity index (χ2n) is 6.03. The van der Waals surface area contributed by atoms with Gasteiger partial charge in [-0.3, -0.25) is 0 Å². The first-order valence-corrected chi connectivity index (χ1v) is 7.73.